The average molecular weight is 209 g/mol. The predicted octanol–water partition coefficient (Wildman–Crippen LogP) is -0.118. The first-order valence-electron chi connectivity index (χ1n) is 3.57. The maximum Gasteiger partial charge on any atom is 0.390 e. The molecule has 9 heteroatoms. The lowest BCUT2D eigenvalue weighted by molar-refractivity contribution is -0.133. The average Bonchev–Trinajstić information content (AvgIpc) is 2.53. The van der Waals surface area contributed by atoms with Gasteiger partial charge >= 0.3 is 6.18 Å². The Labute approximate surface area is 75.9 Å². The fourth-order valence-corrected chi connectivity index (χ4v) is 0.655. The maximum atomic E-state index is 11.6. The number of hydrogen-bond donors (Lipinski definition) is 2. The number of carbonyl (C=O) groups is 1. The molecule has 0 spiro atoms. The molecule has 1 aromatic rings. The second kappa shape index (κ2) is 4.03. The SMILES string of the molecule is O=C(NCCC(F)(F)F)c1nn[nH]n1. The molecular weight excluding hydrogens is 203 g/mol. The van der Waals surface area contributed by atoms with Crippen LogP contribution in [0.15, 0.2) is 0 Å². The van der Waals surface area contributed by atoms with E-state index in [4.69, 9.17) is 0 Å². The highest BCUT2D eigenvalue weighted by Crippen LogP contribution is 2.18. The number of aromatic nitrogens is 4. The summed E-state index contributed by atoms with van der Waals surface area (Å²) in [6.07, 6.45) is -5.37. The lowest BCUT2D eigenvalue weighted by Gasteiger charge is -2.05. The van der Waals surface area contributed by atoms with Gasteiger partial charge in [0.25, 0.3) is 11.7 Å². The van der Waals surface area contributed by atoms with Gasteiger partial charge in [-0.3, -0.25) is 4.79 Å². The van der Waals surface area contributed by atoms with Crippen LogP contribution in [0, 0.1) is 0 Å². The molecule has 0 aliphatic carbocycles. The molecule has 0 aromatic carbocycles. The van der Waals surface area contributed by atoms with Crippen molar-refractivity contribution in [2.75, 3.05) is 6.54 Å². The van der Waals surface area contributed by atoms with E-state index in [1.54, 1.807) is 0 Å². The highest BCUT2D eigenvalue weighted by molar-refractivity contribution is 5.89. The Morgan fingerprint density at radius 1 is 1.50 bits per heavy atom. The van der Waals surface area contributed by atoms with Crippen LogP contribution in [0.5, 0.6) is 0 Å². The molecule has 0 fully saturated rings. The van der Waals surface area contributed by atoms with Crippen LogP contribution in [0.3, 0.4) is 0 Å². The van der Waals surface area contributed by atoms with Crippen LogP contribution >= 0.6 is 0 Å². The highest BCUT2D eigenvalue weighted by Gasteiger charge is 2.26. The normalized spacial score (nSPS) is 11.4. The zero-order chi connectivity index (χ0) is 10.6. The molecule has 0 saturated carbocycles. The fraction of sp³-hybridized carbons (Fsp3) is 0.600. The predicted molar refractivity (Wildman–Crippen MR) is 37.2 cm³/mol. The summed E-state index contributed by atoms with van der Waals surface area (Å²) in [5.41, 5.74) is 0. The Kier molecular flexibility index (Phi) is 2.99. The lowest BCUT2D eigenvalue weighted by atomic mass is 10.4. The monoisotopic (exact) mass is 209 g/mol. The highest BCUT2D eigenvalue weighted by atomic mass is 19.4. The maximum absolute atomic E-state index is 11.6. The van der Waals surface area contributed by atoms with Gasteiger partial charge in [-0.05, 0) is 5.21 Å². The number of nitrogens with one attached hydrogen (secondary N) is 2. The third-order valence-corrected chi connectivity index (χ3v) is 1.24. The number of halogens is 3. The van der Waals surface area contributed by atoms with Crippen LogP contribution in [-0.4, -0.2) is 39.3 Å². The number of amides is 1. The van der Waals surface area contributed by atoms with Gasteiger partial charge in [-0.2, -0.15) is 18.4 Å². The molecule has 0 saturated heterocycles. The Morgan fingerprint density at radius 2 is 2.21 bits per heavy atom. The zero-order valence-electron chi connectivity index (χ0n) is 6.80. The van der Waals surface area contributed by atoms with Gasteiger partial charge < -0.3 is 5.32 Å². The van der Waals surface area contributed by atoms with Crippen molar-refractivity contribution in [2.45, 2.75) is 12.6 Å². The van der Waals surface area contributed by atoms with Crippen LogP contribution in [0.4, 0.5) is 13.2 Å². The number of carbonyl (C=O) groups excluding carboxylic acids is 1. The van der Waals surface area contributed by atoms with Crippen molar-refractivity contribution in [2.24, 2.45) is 0 Å². The van der Waals surface area contributed by atoms with Crippen molar-refractivity contribution in [3.63, 3.8) is 0 Å². The summed E-state index contributed by atoms with van der Waals surface area (Å²) in [6, 6.07) is 0. The van der Waals surface area contributed by atoms with E-state index < -0.39 is 25.0 Å². The summed E-state index contributed by atoms with van der Waals surface area (Å²) < 4.78 is 34.9. The van der Waals surface area contributed by atoms with E-state index in [9.17, 15) is 18.0 Å². The first-order valence-corrected chi connectivity index (χ1v) is 3.57. The van der Waals surface area contributed by atoms with Crippen LogP contribution in [0.2, 0.25) is 0 Å². The Bertz CT molecular complexity index is 295. The number of H-pyrrole nitrogens is 1. The topological polar surface area (TPSA) is 83.6 Å². The third-order valence-electron chi connectivity index (χ3n) is 1.24. The van der Waals surface area contributed by atoms with Gasteiger partial charge in [-0.1, -0.05) is 0 Å². The van der Waals surface area contributed by atoms with E-state index in [1.807, 2.05) is 10.5 Å². The minimum Gasteiger partial charge on any atom is -0.349 e. The molecule has 2 N–H and O–H groups in total. The number of hydrogen-bond acceptors (Lipinski definition) is 4. The van der Waals surface area contributed by atoms with Crippen LogP contribution in [0.1, 0.15) is 17.0 Å². The van der Waals surface area contributed by atoms with Crippen LogP contribution < -0.4 is 5.32 Å². The standard InChI is InChI=1S/C5H6F3N5O/c6-5(7,8)1-2-9-4(14)3-10-12-13-11-3/h1-2H2,(H,9,14)(H,10,11,12,13). The number of nitrogens with zero attached hydrogens (tertiary/aromatic N) is 3. The molecule has 78 valence electrons. The van der Waals surface area contributed by atoms with Crippen LogP contribution in [-0.2, 0) is 0 Å². The van der Waals surface area contributed by atoms with E-state index in [0.717, 1.165) is 0 Å². The van der Waals surface area contributed by atoms with Crippen LogP contribution in [0.25, 0.3) is 0 Å². The van der Waals surface area contributed by atoms with E-state index in [0.29, 0.717) is 0 Å². The van der Waals surface area contributed by atoms with Crippen molar-refractivity contribution in [1.29, 1.82) is 0 Å². The summed E-state index contributed by atoms with van der Waals surface area (Å²) in [5.74, 6) is -1.07. The Hall–Kier alpha value is -1.67. The molecule has 0 unspecified atom stereocenters. The zero-order valence-corrected chi connectivity index (χ0v) is 6.80. The third kappa shape index (κ3) is 3.37. The van der Waals surface area contributed by atoms with E-state index in [2.05, 4.69) is 15.4 Å². The quantitative estimate of drug-likeness (QED) is 0.727. The number of alkyl halides is 3. The molecule has 6 nitrogen and oxygen atoms in total. The fourth-order valence-electron chi connectivity index (χ4n) is 0.655. The van der Waals surface area contributed by atoms with Gasteiger partial charge in [0.1, 0.15) is 0 Å². The van der Waals surface area contributed by atoms with E-state index in [-0.39, 0.29) is 5.82 Å². The molecule has 0 aliphatic rings. The van der Waals surface area contributed by atoms with Gasteiger partial charge in [0.2, 0.25) is 0 Å². The first kappa shape index (κ1) is 10.4. The molecule has 1 aromatic heterocycles. The number of aromatic amines is 1. The molecule has 1 heterocycles. The smallest absolute Gasteiger partial charge is 0.349 e. The summed E-state index contributed by atoms with van der Waals surface area (Å²) >= 11 is 0. The summed E-state index contributed by atoms with van der Waals surface area (Å²) in [7, 11) is 0. The van der Waals surface area contributed by atoms with E-state index in [1.165, 1.54) is 0 Å². The number of tetrazole rings is 1. The molecule has 0 atom stereocenters. The second-order valence-corrected chi connectivity index (χ2v) is 2.36. The largest absolute Gasteiger partial charge is 0.390 e. The molecule has 0 aliphatic heterocycles. The Balaban J connectivity index is 2.30. The minimum atomic E-state index is -4.29. The van der Waals surface area contributed by atoms with Crippen molar-refractivity contribution in [3.05, 3.63) is 5.82 Å². The van der Waals surface area contributed by atoms with E-state index >= 15 is 0 Å². The molecule has 0 bridgehead atoms. The van der Waals surface area contributed by atoms with Gasteiger partial charge in [-0.15, -0.1) is 10.2 Å². The first-order chi connectivity index (χ1) is 6.49. The Morgan fingerprint density at radius 3 is 2.71 bits per heavy atom. The van der Waals surface area contributed by atoms with Crippen molar-refractivity contribution in [1.82, 2.24) is 25.9 Å². The second-order valence-electron chi connectivity index (χ2n) is 2.36. The van der Waals surface area contributed by atoms with Crippen molar-refractivity contribution >= 4 is 5.91 Å². The van der Waals surface area contributed by atoms with Gasteiger partial charge in [0, 0.05) is 6.54 Å². The van der Waals surface area contributed by atoms with Crippen molar-refractivity contribution < 1.29 is 18.0 Å². The molecule has 14 heavy (non-hydrogen) atoms. The molecule has 1 amide bonds. The molecular formula is C5H6F3N5O. The summed E-state index contributed by atoms with van der Waals surface area (Å²) in [6.45, 7) is -0.503. The lowest BCUT2D eigenvalue weighted by Crippen LogP contribution is -2.28. The molecule has 1 rings (SSSR count). The van der Waals surface area contributed by atoms with Gasteiger partial charge in [-0.25, -0.2) is 0 Å². The van der Waals surface area contributed by atoms with Gasteiger partial charge in [0.05, 0.1) is 6.42 Å². The minimum absolute atomic E-state index is 0.285. The molecule has 0 radical (unpaired) electrons. The van der Waals surface area contributed by atoms with Crippen molar-refractivity contribution in [3.8, 4) is 0 Å². The number of rotatable bonds is 3. The van der Waals surface area contributed by atoms with Gasteiger partial charge in [0.15, 0.2) is 0 Å². The summed E-state index contributed by atoms with van der Waals surface area (Å²) in [5, 5.41) is 13.7. The summed E-state index contributed by atoms with van der Waals surface area (Å²) in [4.78, 5) is 10.9.